The van der Waals surface area contributed by atoms with Gasteiger partial charge in [-0.15, -0.1) is 0 Å². The standard InChI is InChI=1S/C16H28N2O3/c1-6-11(12(19)20)18(5)14(21)17-13-15(2,3)10-7-8-16(13,4)9-10/h10-11,13H,6-9H2,1-5H3,(H,17,21)(H,19,20). The van der Waals surface area contributed by atoms with Gasteiger partial charge in [-0.05, 0) is 42.4 Å². The summed E-state index contributed by atoms with van der Waals surface area (Å²) in [5.41, 5.74) is 0.226. The number of urea groups is 1. The van der Waals surface area contributed by atoms with E-state index in [2.05, 4.69) is 26.1 Å². The molecule has 2 rings (SSSR count). The summed E-state index contributed by atoms with van der Waals surface area (Å²) in [5.74, 6) is -0.298. The Labute approximate surface area is 127 Å². The molecule has 5 nitrogen and oxygen atoms in total. The van der Waals surface area contributed by atoms with E-state index >= 15 is 0 Å². The zero-order valence-electron chi connectivity index (χ0n) is 13.8. The van der Waals surface area contributed by atoms with Gasteiger partial charge >= 0.3 is 12.0 Å². The SMILES string of the molecule is CCC(C(=O)O)N(C)C(=O)NC1C2(C)CCC(C2)C1(C)C. The zero-order valence-corrected chi connectivity index (χ0v) is 13.8. The lowest BCUT2D eigenvalue weighted by Gasteiger charge is -2.43. The summed E-state index contributed by atoms with van der Waals surface area (Å²) in [5, 5.41) is 12.3. The molecule has 4 unspecified atom stereocenters. The summed E-state index contributed by atoms with van der Waals surface area (Å²) < 4.78 is 0. The summed E-state index contributed by atoms with van der Waals surface area (Å²) in [6.45, 7) is 8.48. The molecule has 0 aliphatic heterocycles. The van der Waals surface area contributed by atoms with Gasteiger partial charge in [0.15, 0.2) is 0 Å². The summed E-state index contributed by atoms with van der Waals surface area (Å²) in [7, 11) is 1.57. The Kier molecular flexibility index (Phi) is 3.98. The van der Waals surface area contributed by atoms with Crippen LogP contribution in [0, 0.1) is 16.7 Å². The Balaban J connectivity index is 2.11. The number of carboxylic acids is 1. The molecule has 0 saturated heterocycles. The maximum Gasteiger partial charge on any atom is 0.326 e. The number of amides is 2. The maximum absolute atomic E-state index is 12.5. The van der Waals surface area contributed by atoms with E-state index in [1.54, 1.807) is 14.0 Å². The number of hydrogen-bond donors (Lipinski definition) is 2. The minimum absolute atomic E-state index is 0.0778. The Bertz CT molecular complexity index is 444. The van der Waals surface area contributed by atoms with Crippen molar-refractivity contribution >= 4 is 12.0 Å². The van der Waals surface area contributed by atoms with E-state index in [9.17, 15) is 14.7 Å². The Hall–Kier alpha value is -1.26. The van der Waals surface area contributed by atoms with Crippen LogP contribution >= 0.6 is 0 Å². The second-order valence-electron chi connectivity index (χ2n) is 7.67. The smallest absolute Gasteiger partial charge is 0.326 e. The Morgan fingerprint density at radius 1 is 1.38 bits per heavy atom. The van der Waals surface area contributed by atoms with E-state index in [-0.39, 0.29) is 22.9 Å². The summed E-state index contributed by atoms with van der Waals surface area (Å²) in [6, 6.07) is -0.916. The van der Waals surface area contributed by atoms with Gasteiger partial charge in [0.25, 0.3) is 0 Å². The van der Waals surface area contributed by atoms with Crippen LogP contribution in [0.3, 0.4) is 0 Å². The lowest BCUT2D eigenvalue weighted by atomic mass is 9.68. The first kappa shape index (κ1) is 16.1. The molecule has 2 aliphatic carbocycles. The van der Waals surface area contributed by atoms with E-state index < -0.39 is 12.0 Å². The van der Waals surface area contributed by atoms with Crippen LogP contribution in [0.1, 0.15) is 53.4 Å². The monoisotopic (exact) mass is 296 g/mol. The number of likely N-dealkylation sites (N-methyl/N-ethyl adjacent to an activating group) is 1. The molecule has 0 aromatic rings. The topological polar surface area (TPSA) is 69.6 Å². The number of hydrogen-bond acceptors (Lipinski definition) is 2. The highest BCUT2D eigenvalue weighted by molar-refractivity contribution is 5.82. The van der Waals surface area contributed by atoms with Gasteiger partial charge in [-0.3, -0.25) is 0 Å². The molecule has 0 radical (unpaired) electrons. The molecule has 5 heteroatoms. The highest BCUT2D eigenvalue weighted by atomic mass is 16.4. The van der Waals surface area contributed by atoms with Crippen LogP contribution < -0.4 is 5.32 Å². The van der Waals surface area contributed by atoms with Crippen molar-refractivity contribution in [1.29, 1.82) is 0 Å². The molecular formula is C16H28N2O3. The predicted octanol–water partition coefficient (Wildman–Crippen LogP) is 2.71. The van der Waals surface area contributed by atoms with Crippen molar-refractivity contribution in [3.8, 4) is 0 Å². The number of rotatable bonds is 4. The van der Waals surface area contributed by atoms with Crippen LogP contribution in [-0.2, 0) is 4.79 Å². The van der Waals surface area contributed by atoms with Gasteiger partial charge in [0.2, 0.25) is 0 Å². The first-order chi connectivity index (χ1) is 9.63. The fourth-order valence-corrected chi connectivity index (χ4v) is 4.64. The highest BCUT2D eigenvalue weighted by Crippen LogP contribution is 2.62. The number of carbonyl (C=O) groups excluding carboxylic acids is 1. The molecule has 2 saturated carbocycles. The van der Waals surface area contributed by atoms with Crippen LogP contribution in [0.5, 0.6) is 0 Å². The van der Waals surface area contributed by atoms with Gasteiger partial charge < -0.3 is 15.3 Å². The van der Waals surface area contributed by atoms with Crippen LogP contribution in [0.4, 0.5) is 4.79 Å². The van der Waals surface area contributed by atoms with Gasteiger partial charge in [0, 0.05) is 13.1 Å². The molecule has 120 valence electrons. The largest absolute Gasteiger partial charge is 0.480 e. The molecule has 2 N–H and O–H groups in total. The molecule has 2 aliphatic rings. The molecule has 0 heterocycles. The molecule has 2 fully saturated rings. The van der Waals surface area contributed by atoms with Crippen molar-refractivity contribution in [2.75, 3.05) is 7.05 Å². The second kappa shape index (κ2) is 5.18. The molecule has 2 bridgehead atoms. The van der Waals surface area contributed by atoms with Gasteiger partial charge in [-0.2, -0.15) is 0 Å². The first-order valence-electron chi connectivity index (χ1n) is 7.89. The summed E-state index contributed by atoms with van der Waals surface area (Å²) in [6.07, 6.45) is 3.95. The lowest BCUT2D eigenvalue weighted by Crippen LogP contribution is -2.57. The van der Waals surface area contributed by atoms with Crippen molar-refractivity contribution in [2.24, 2.45) is 16.7 Å². The minimum atomic E-state index is -0.950. The number of nitrogens with one attached hydrogen (secondary N) is 1. The summed E-state index contributed by atoms with van der Waals surface area (Å²) in [4.78, 5) is 25.0. The number of fused-ring (bicyclic) bond motifs is 2. The van der Waals surface area contributed by atoms with Crippen LogP contribution in [-0.4, -0.2) is 41.1 Å². The van der Waals surface area contributed by atoms with Crippen molar-refractivity contribution < 1.29 is 14.7 Å². The first-order valence-corrected chi connectivity index (χ1v) is 7.89. The van der Waals surface area contributed by atoms with Gasteiger partial charge in [-0.25, -0.2) is 9.59 Å². The molecule has 21 heavy (non-hydrogen) atoms. The van der Waals surface area contributed by atoms with Gasteiger partial charge in [0.05, 0.1) is 0 Å². The molecule has 0 aromatic heterocycles. The van der Waals surface area contributed by atoms with Crippen molar-refractivity contribution in [3.63, 3.8) is 0 Å². The van der Waals surface area contributed by atoms with Gasteiger partial charge in [-0.1, -0.05) is 27.7 Å². The lowest BCUT2D eigenvalue weighted by molar-refractivity contribution is -0.141. The number of nitrogens with zero attached hydrogens (tertiary/aromatic N) is 1. The summed E-state index contributed by atoms with van der Waals surface area (Å²) >= 11 is 0. The third-order valence-electron chi connectivity index (χ3n) is 6.00. The third kappa shape index (κ3) is 2.51. The molecule has 0 aromatic carbocycles. The molecular weight excluding hydrogens is 268 g/mol. The zero-order chi connectivity index (χ0) is 16.0. The number of carbonyl (C=O) groups is 2. The van der Waals surface area contributed by atoms with Crippen molar-refractivity contribution in [2.45, 2.75) is 65.5 Å². The van der Waals surface area contributed by atoms with Crippen LogP contribution in [0.25, 0.3) is 0 Å². The van der Waals surface area contributed by atoms with Crippen LogP contribution in [0.15, 0.2) is 0 Å². The van der Waals surface area contributed by atoms with E-state index in [1.165, 1.54) is 11.3 Å². The van der Waals surface area contributed by atoms with Gasteiger partial charge in [0.1, 0.15) is 6.04 Å². The average molecular weight is 296 g/mol. The maximum atomic E-state index is 12.5. The van der Waals surface area contributed by atoms with E-state index in [0.717, 1.165) is 12.8 Å². The minimum Gasteiger partial charge on any atom is -0.480 e. The fourth-order valence-electron chi connectivity index (χ4n) is 4.64. The Morgan fingerprint density at radius 3 is 2.43 bits per heavy atom. The Morgan fingerprint density at radius 2 is 2.00 bits per heavy atom. The number of aliphatic carboxylic acids is 1. The molecule has 2 amide bonds. The molecule has 4 atom stereocenters. The van der Waals surface area contributed by atoms with Crippen LogP contribution in [0.2, 0.25) is 0 Å². The second-order valence-corrected chi connectivity index (χ2v) is 7.67. The fraction of sp³-hybridized carbons (Fsp3) is 0.875. The molecule has 0 spiro atoms. The predicted molar refractivity (Wildman–Crippen MR) is 81.0 cm³/mol. The normalized spacial score (nSPS) is 34.5. The van der Waals surface area contributed by atoms with Crippen molar-refractivity contribution in [1.82, 2.24) is 10.2 Å². The quantitative estimate of drug-likeness (QED) is 0.838. The van der Waals surface area contributed by atoms with E-state index in [0.29, 0.717) is 12.3 Å². The number of carboxylic acid groups (broad SMARTS) is 1. The highest BCUT2D eigenvalue weighted by Gasteiger charge is 2.59. The van der Waals surface area contributed by atoms with E-state index in [1.807, 2.05) is 0 Å². The average Bonchev–Trinajstić information content (AvgIpc) is 2.85. The third-order valence-corrected chi connectivity index (χ3v) is 6.00. The van der Waals surface area contributed by atoms with E-state index in [4.69, 9.17) is 0 Å². The van der Waals surface area contributed by atoms with Crippen molar-refractivity contribution in [3.05, 3.63) is 0 Å².